The number of hydrogen-bond donors (Lipinski definition) is 1. The number of aliphatic hydroxyl groups excluding tert-OH is 1. The van der Waals surface area contributed by atoms with Crippen LogP contribution < -0.4 is 0 Å². The van der Waals surface area contributed by atoms with Crippen LogP contribution >= 0.6 is 0 Å². The van der Waals surface area contributed by atoms with E-state index in [2.05, 4.69) is 30.2 Å². The van der Waals surface area contributed by atoms with Crippen LogP contribution in [0.15, 0.2) is 27.4 Å². The molecule has 164 valence electrons. The molecule has 1 aromatic heterocycles. The quantitative estimate of drug-likeness (QED) is 0.544. The van der Waals surface area contributed by atoms with Gasteiger partial charge in [-0.1, -0.05) is 29.7 Å². The first kappa shape index (κ1) is 20.3. The number of fused-ring (bicyclic) bond motifs is 5. The maximum atomic E-state index is 10.6. The van der Waals surface area contributed by atoms with Gasteiger partial charge in [0.05, 0.1) is 17.5 Å². The minimum atomic E-state index is -0.0865. The van der Waals surface area contributed by atoms with Crippen molar-refractivity contribution in [3.8, 4) is 0 Å². The number of allylic oxidation sites excluding steroid dienone is 2. The van der Waals surface area contributed by atoms with E-state index >= 15 is 0 Å². The van der Waals surface area contributed by atoms with Crippen molar-refractivity contribution in [2.45, 2.75) is 84.7 Å². The highest BCUT2D eigenvalue weighted by Gasteiger charge is 2.58. The van der Waals surface area contributed by atoms with Gasteiger partial charge in [-0.25, -0.2) is 0 Å². The third-order valence-electron chi connectivity index (χ3n) is 9.24. The molecule has 6 atom stereocenters. The van der Waals surface area contributed by atoms with E-state index < -0.39 is 0 Å². The summed E-state index contributed by atoms with van der Waals surface area (Å²) in [5.41, 5.74) is 4.06. The molecule has 3 unspecified atom stereocenters. The van der Waals surface area contributed by atoms with Gasteiger partial charge in [0.15, 0.2) is 0 Å². The van der Waals surface area contributed by atoms with Crippen LogP contribution in [0.1, 0.15) is 76.7 Å². The van der Waals surface area contributed by atoms with E-state index in [1.807, 2.05) is 13.0 Å². The van der Waals surface area contributed by atoms with Crippen molar-refractivity contribution in [2.24, 2.45) is 33.7 Å². The molecular formula is C25H36N2O3. The zero-order valence-electron chi connectivity index (χ0n) is 18.7. The lowest BCUT2D eigenvalue weighted by molar-refractivity contribution is -0.0722. The lowest BCUT2D eigenvalue weighted by Crippen LogP contribution is -2.51. The monoisotopic (exact) mass is 412 g/mol. The highest BCUT2D eigenvalue weighted by Crippen LogP contribution is 2.65. The third-order valence-corrected chi connectivity index (χ3v) is 9.24. The average Bonchev–Trinajstić information content (AvgIpc) is 3.28. The molecule has 4 aliphatic rings. The molecule has 5 rings (SSSR count). The van der Waals surface area contributed by atoms with E-state index in [9.17, 15) is 5.11 Å². The molecule has 5 heteroatoms. The molecule has 0 amide bonds. The molecule has 4 aliphatic carbocycles. The van der Waals surface area contributed by atoms with Crippen molar-refractivity contribution in [3.05, 3.63) is 29.2 Å². The van der Waals surface area contributed by atoms with Crippen molar-refractivity contribution >= 4 is 5.71 Å². The normalized spacial score (nSPS) is 41.7. The fraction of sp³-hybridized carbons (Fsp3) is 0.760. The predicted octanol–water partition coefficient (Wildman–Crippen LogP) is 5.22. The average molecular weight is 413 g/mol. The summed E-state index contributed by atoms with van der Waals surface area (Å²) in [5.74, 6) is 3.09. The van der Waals surface area contributed by atoms with E-state index in [-0.39, 0.29) is 11.5 Å². The van der Waals surface area contributed by atoms with Gasteiger partial charge in [0.1, 0.15) is 12.4 Å². The Bertz CT molecular complexity index is 858. The maximum Gasteiger partial charge on any atom is 0.133 e. The van der Waals surface area contributed by atoms with Crippen molar-refractivity contribution in [1.82, 2.24) is 5.16 Å². The lowest BCUT2D eigenvalue weighted by Gasteiger charge is -2.57. The van der Waals surface area contributed by atoms with E-state index in [4.69, 9.17) is 9.36 Å². The van der Waals surface area contributed by atoms with Gasteiger partial charge in [-0.3, -0.25) is 0 Å². The second kappa shape index (κ2) is 7.51. The number of rotatable bonds is 4. The summed E-state index contributed by atoms with van der Waals surface area (Å²) in [4.78, 5) is 5.62. The molecule has 0 bridgehead atoms. The molecule has 0 spiro atoms. The first-order valence-electron chi connectivity index (χ1n) is 11.9. The zero-order valence-corrected chi connectivity index (χ0v) is 18.7. The van der Waals surface area contributed by atoms with E-state index in [0.717, 1.165) is 48.3 Å². The van der Waals surface area contributed by atoms with Crippen LogP contribution in [0.3, 0.4) is 0 Å². The number of hydrogen-bond acceptors (Lipinski definition) is 5. The van der Waals surface area contributed by atoms with Crippen LogP contribution in [0.5, 0.6) is 0 Å². The highest BCUT2D eigenvalue weighted by molar-refractivity contribution is 5.96. The van der Waals surface area contributed by atoms with Crippen molar-refractivity contribution in [2.75, 3.05) is 6.61 Å². The zero-order chi connectivity index (χ0) is 20.9. The molecule has 1 N–H and O–H groups in total. The minimum Gasteiger partial charge on any atom is -0.395 e. The van der Waals surface area contributed by atoms with Gasteiger partial charge >= 0.3 is 0 Å². The number of nitrogens with zero attached hydrogens (tertiary/aromatic N) is 2. The van der Waals surface area contributed by atoms with Gasteiger partial charge in [-0.05, 0) is 93.0 Å². The number of oxime groups is 1. The Kier molecular flexibility index (Phi) is 5.08. The molecule has 1 aromatic rings. The van der Waals surface area contributed by atoms with Gasteiger partial charge in [0.25, 0.3) is 0 Å². The van der Waals surface area contributed by atoms with Crippen molar-refractivity contribution in [3.63, 3.8) is 0 Å². The van der Waals surface area contributed by atoms with Gasteiger partial charge in [0, 0.05) is 12.5 Å². The summed E-state index contributed by atoms with van der Waals surface area (Å²) in [6, 6.07) is 1.95. The Hall–Kier alpha value is -1.62. The van der Waals surface area contributed by atoms with Crippen LogP contribution in [0, 0.1) is 35.5 Å². The number of aliphatic hydroxyl groups is 1. The SMILES string of the molecule is Cc1cc(CCON=C2C=C3CCC4C(CC[C@@]5(C)C4CC[C@@H]5O)[C@@]3(C)CC2)no1. The number of aromatic nitrogens is 1. The van der Waals surface area contributed by atoms with Crippen molar-refractivity contribution in [1.29, 1.82) is 0 Å². The maximum absolute atomic E-state index is 10.6. The summed E-state index contributed by atoms with van der Waals surface area (Å²) in [7, 11) is 0. The molecule has 5 nitrogen and oxygen atoms in total. The molecule has 0 aliphatic heterocycles. The Morgan fingerprint density at radius 1 is 1.17 bits per heavy atom. The first-order valence-corrected chi connectivity index (χ1v) is 11.9. The van der Waals surface area contributed by atoms with Crippen molar-refractivity contribution < 1.29 is 14.5 Å². The van der Waals surface area contributed by atoms with Crippen LogP contribution in [0.4, 0.5) is 0 Å². The van der Waals surface area contributed by atoms with Gasteiger partial charge in [0.2, 0.25) is 0 Å². The smallest absolute Gasteiger partial charge is 0.133 e. The molecule has 30 heavy (non-hydrogen) atoms. The fourth-order valence-electron chi connectivity index (χ4n) is 7.43. The predicted molar refractivity (Wildman–Crippen MR) is 116 cm³/mol. The summed E-state index contributed by atoms with van der Waals surface area (Å²) >= 11 is 0. The summed E-state index contributed by atoms with van der Waals surface area (Å²) in [6.07, 6.45) is 12.3. The Morgan fingerprint density at radius 3 is 2.83 bits per heavy atom. The molecular weight excluding hydrogens is 376 g/mol. The van der Waals surface area contributed by atoms with E-state index in [1.54, 1.807) is 5.57 Å². The summed E-state index contributed by atoms with van der Waals surface area (Å²) < 4.78 is 5.10. The summed E-state index contributed by atoms with van der Waals surface area (Å²) in [5, 5.41) is 19.1. The van der Waals surface area contributed by atoms with Crippen LogP contribution in [-0.4, -0.2) is 28.7 Å². The summed E-state index contributed by atoms with van der Waals surface area (Å²) in [6.45, 7) is 7.30. The highest BCUT2D eigenvalue weighted by atomic mass is 16.6. The standard InChI is InChI=1S/C25H36N2O3/c1-16-14-19(27-30-16)10-13-29-26-18-8-11-24(2)17(15-18)4-5-20-21-6-7-23(28)25(21,3)12-9-22(20)24/h14-15,20-23,28H,4-13H2,1-3H3/t20?,21?,22?,23-,24-,25-/m0/s1. The molecule has 1 heterocycles. The second-order valence-electron chi connectivity index (χ2n) is 10.7. The van der Waals surface area contributed by atoms with E-state index in [1.165, 1.54) is 38.5 Å². The molecule has 3 saturated carbocycles. The van der Waals surface area contributed by atoms with Gasteiger partial charge in [-0.2, -0.15) is 0 Å². The molecule has 0 aromatic carbocycles. The lowest BCUT2D eigenvalue weighted by atomic mass is 9.47. The van der Waals surface area contributed by atoms with E-state index in [0.29, 0.717) is 17.9 Å². The third kappa shape index (κ3) is 3.24. The second-order valence-corrected chi connectivity index (χ2v) is 10.7. The molecule has 0 radical (unpaired) electrons. The first-order chi connectivity index (χ1) is 14.4. The number of aryl methyl sites for hydroxylation is 1. The largest absolute Gasteiger partial charge is 0.395 e. The van der Waals surface area contributed by atoms with Crippen LogP contribution in [0.25, 0.3) is 0 Å². The molecule has 3 fully saturated rings. The van der Waals surface area contributed by atoms with Gasteiger partial charge < -0.3 is 14.5 Å². The minimum absolute atomic E-state index is 0.0865. The Morgan fingerprint density at radius 2 is 2.03 bits per heavy atom. The molecule has 0 saturated heterocycles. The Balaban J connectivity index is 1.26. The topological polar surface area (TPSA) is 67.8 Å². The Labute approximate surface area is 179 Å². The fourth-order valence-corrected chi connectivity index (χ4v) is 7.43. The van der Waals surface area contributed by atoms with Crippen LogP contribution in [0.2, 0.25) is 0 Å². The van der Waals surface area contributed by atoms with Crippen LogP contribution in [-0.2, 0) is 11.3 Å². The van der Waals surface area contributed by atoms with Gasteiger partial charge in [-0.15, -0.1) is 0 Å².